The number of aromatic nitrogens is 1. The molecule has 0 unspecified atom stereocenters. The summed E-state index contributed by atoms with van der Waals surface area (Å²) in [7, 11) is 0. The van der Waals surface area contributed by atoms with Crippen molar-refractivity contribution in [1.82, 2.24) is 4.98 Å². The maximum Gasteiger partial charge on any atom is 0.550 e. The van der Waals surface area contributed by atoms with E-state index in [-0.39, 0.29) is 5.94 Å². The standard InChI is InChI=1S/C7H8NO4S/c1-4-5(2)12-6(8-4)13-3-11-7(9)10/h3H2,1-2H3. The van der Waals surface area contributed by atoms with Crippen molar-refractivity contribution in [2.75, 3.05) is 5.94 Å². The summed E-state index contributed by atoms with van der Waals surface area (Å²) in [6.45, 7) is 3.59. The van der Waals surface area contributed by atoms with Gasteiger partial charge in [-0.15, -0.1) is 0 Å². The van der Waals surface area contributed by atoms with Crippen molar-refractivity contribution in [2.24, 2.45) is 0 Å². The Hall–Kier alpha value is -1.17. The van der Waals surface area contributed by atoms with Gasteiger partial charge < -0.3 is 9.15 Å². The highest BCUT2D eigenvalue weighted by molar-refractivity contribution is 7.98. The van der Waals surface area contributed by atoms with E-state index in [2.05, 4.69) is 9.72 Å². The molecule has 0 aromatic carbocycles. The Labute approximate surface area is 79.1 Å². The van der Waals surface area contributed by atoms with Crippen molar-refractivity contribution in [3.05, 3.63) is 11.5 Å². The first-order chi connectivity index (χ1) is 6.09. The summed E-state index contributed by atoms with van der Waals surface area (Å²) in [4.78, 5) is 13.9. The average molecular weight is 202 g/mol. The van der Waals surface area contributed by atoms with E-state index < -0.39 is 6.16 Å². The maximum absolute atomic E-state index is 9.86. The Bertz CT molecular complexity index is 290. The van der Waals surface area contributed by atoms with E-state index in [1.54, 1.807) is 6.92 Å². The monoisotopic (exact) mass is 202 g/mol. The lowest BCUT2D eigenvalue weighted by molar-refractivity contribution is 0.0830. The first-order valence-corrected chi connectivity index (χ1v) is 4.48. The summed E-state index contributed by atoms with van der Waals surface area (Å²) < 4.78 is 9.32. The molecule has 0 amide bonds. The predicted molar refractivity (Wildman–Crippen MR) is 43.9 cm³/mol. The van der Waals surface area contributed by atoms with E-state index in [0.717, 1.165) is 23.2 Å². The molecule has 13 heavy (non-hydrogen) atoms. The fraction of sp³-hybridized carbons (Fsp3) is 0.429. The van der Waals surface area contributed by atoms with Gasteiger partial charge in [0.1, 0.15) is 11.7 Å². The highest BCUT2D eigenvalue weighted by Gasteiger charge is 2.07. The number of hydrogen-bond acceptors (Lipinski definition) is 5. The zero-order valence-corrected chi connectivity index (χ0v) is 8.01. The van der Waals surface area contributed by atoms with Crippen LogP contribution in [0.15, 0.2) is 9.64 Å². The minimum absolute atomic E-state index is 0.0677. The minimum atomic E-state index is -1.55. The van der Waals surface area contributed by atoms with Gasteiger partial charge in [-0.05, 0) is 25.6 Å². The molecule has 71 valence electrons. The molecular weight excluding hydrogens is 194 g/mol. The molecule has 1 radical (unpaired) electrons. The van der Waals surface area contributed by atoms with Gasteiger partial charge >= 0.3 is 6.16 Å². The molecule has 1 aromatic heterocycles. The van der Waals surface area contributed by atoms with Gasteiger partial charge in [0.15, 0.2) is 0 Å². The lowest BCUT2D eigenvalue weighted by Crippen LogP contribution is -1.96. The maximum atomic E-state index is 9.86. The molecule has 0 spiro atoms. The zero-order valence-electron chi connectivity index (χ0n) is 7.20. The van der Waals surface area contributed by atoms with E-state index in [4.69, 9.17) is 4.42 Å². The van der Waals surface area contributed by atoms with Crippen LogP contribution in [-0.4, -0.2) is 17.1 Å². The van der Waals surface area contributed by atoms with Gasteiger partial charge in [-0.25, -0.2) is 4.98 Å². The van der Waals surface area contributed by atoms with Gasteiger partial charge in [0.2, 0.25) is 0 Å². The van der Waals surface area contributed by atoms with E-state index >= 15 is 0 Å². The lowest BCUT2D eigenvalue weighted by atomic mass is 10.4. The third-order valence-corrected chi connectivity index (χ3v) is 2.03. The first kappa shape index (κ1) is 9.91. The number of aryl methyl sites for hydroxylation is 2. The van der Waals surface area contributed by atoms with Crippen LogP contribution in [0.1, 0.15) is 11.5 Å². The van der Waals surface area contributed by atoms with E-state index in [1.807, 2.05) is 6.92 Å². The minimum Gasteiger partial charge on any atom is -0.437 e. The number of hydrogen-bond donors (Lipinski definition) is 0. The average Bonchev–Trinajstić information content (AvgIpc) is 2.30. The van der Waals surface area contributed by atoms with E-state index in [9.17, 15) is 9.90 Å². The van der Waals surface area contributed by atoms with Gasteiger partial charge in [0, 0.05) is 0 Å². The van der Waals surface area contributed by atoms with Gasteiger partial charge in [0.25, 0.3) is 5.22 Å². The SMILES string of the molecule is Cc1nc(SCOC([O])=O)oc1C. The van der Waals surface area contributed by atoms with Gasteiger partial charge in [-0.2, -0.15) is 9.90 Å². The molecule has 0 aliphatic rings. The highest BCUT2D eigenvalue weighted by atomic mass is 32.2. The quantitative estimate of drug-likeness (QED) is 0.425. The third-order valence-electron chi connectivity index (χ3n) is 1.37. The molecule has 6 heteroatoms. The second-order valence-electron chi connectivity index (χ2n) is 2.28. The molecular formula is C7H8NO4S. The molecule has 0 fully saturated rings. The molecule has 0 saturated carbocycles. The number of carbonyl (C=O) groups is 1. The molecule has 1 rings (SSSR count). The van der Waals surface area contributed by atoms with Gasteiger partial charge in [0.05, 0.1) is 5.69 Å². The molecule has 0 bridgehead atoms. The molecule has 5 nitrogen and oxygen atoms in total. The van der Waals surface area contributed by atoms with Crippen LogP contribution >= 0.6 is 11.8 Å². The molecule has 0 atom stereocenters. The van der Waals surface area contributed by atoms with E-state index in [1.165, 1.54) is 0 Å². The number of carbonyl (C=O) groups excluding carboxylic acids is 1. The summed E-state index contributed by atoms with van der Waals surface area (Å²) >= 11 is 1.06. The number of rotatable bonds is 3. The predicted octanol–water partition coefficient (Wildman–Crippen LogP) is 1.91. The van der Waals surface area contributed by atoms with Crippen LogP contribution < -0.4 is 0 Å². The summed E-state index contributed by atoms with van der Waals surface area (Å²) in [5.41, 5.74) is 0.788. The molecule has 0 N–H and O–H groups in total. The molecule has 1 aromatic rings. The Balaban J connectivity index is 2.41. The molecule has 0 aliphatic carbocycles. The zero-order chi connectivity index (χ0) is 9.84. The van der Waals surface area contributed by atoms with Crippen molar-refractivity contribution in [3.63, 3.8) is 0 Å². The third kappa shape index (κ3) is 2.98. The van der Waals surface area contributed by atoms with Crippen LogP contribution in [-0.2, 0) is 9.84 Å². The molecule has 0 aliphatic heterocycles. The van der Waals surface area contributed by atoms with Crippen LogP contribution in [0.5, 0.6) is 0 Å². The summed E-state index contributed by atoms with van der Waals surface area (Å²) in [6.07, 6.45) is -1.55. The topological polar surface area (TPSA) is 72.2 Å². The number of thioether (sulfide) groups is 1. The number of ether oxygens (including phenoxy) is 1. The van der Waals surface area contributed by atoms with Crippen LogP contribution in [0.25, 0.3) is 0 Å². The van der Waals surface area contributed by atoms with Crippen molar-refractivity contribution in [2.45, 2.75) is 19.1 Å². The van der Waals surface area contributed by atoms with Crippen LogP contribution in [0.3, 0.4) is 0 Å². The Morgan fingerprint density at radius 3 is 2.77 bits per heavy atom. The Kier molecular flexibility index (Phi) is 3.18. The van der Waals surface area contributed by atoms with Crippen molar-refractivity contribution >= 4 is 17.9 Å². The fourth-order valence-electron chi connectivity index (χ4n) is 0.633. The van der Waals surface area contributed by atoms with Gasteiger partial charge in [-0.1, -0.05) is 0 Å². The number of oxazole rings is 1. The van der Waals surface area contributed by atoms with Crippen LogP contribution in [0.4, 0.5) is 4.79 Å². The fourth-order valence-corrected chi connectivity index (χ4v) is 1.27. The Morgan fingerprint density at radius 2 is 2.31 bits per heavy atom. The second kappa shape index (κ2) is 4.18. The van der Waals surface area contributed by atoms with Crippen molar-refractivity contribution in [3.8, 4) is 0 Å². The van der Waals surface area contributed by atoms with Gasteiger partial charge in [-0.3, -0.25) is 0 Å². The second-order valence-corrected chi connectivity index (χ2v) is 3.15. The first-order valence-electron chi connectivity index (χ1n) is 3.50. The lowest BCUT2D eigenvalue weighted by Gasteiger charge is -1.93. The van der Waals surface area contributed by atoms with Crippen LogP contribution in [0, 0.1) is 13.8 Å². The summed E-state index contributed by atoms with van der Waals surface area (Å²) in [5.74, 6) is 0.651. The molecule has 1 heterocycles. The summed E-state index contributed by atoms with van der Waals surface area (Å²) in [5, 5.41) is 10.3. The van der Waals surface area contributed by atoms with Crippen molar-refractivity contribution < 1.29 is 19.1 Å². The highest BCUT2D eigenvalue weighted by Crippen LogP contribution is 2.19. The van der Waals surface area contributed by atoms with E-state index in [0.29, 0.717) is 5.22 Å². The van der Waals surface area contributed by atoms with Crippen molar-refractivity contribution in [1.29, 1.82) is 0 Å². The van der Waals surface area contributed by atoms with Crippen LogP contribution in [0.2, 0.25) is 0 Å². The smallest absolute Gasteiger partial charge is 0.437 e. The molecule has 0 saturated heterocycles. The number of nitrogens with zero attached hydrogens (tertiary/aromatic N) is 1. The Morgan fingerprint density at radius 1 is 1.62 bits per heavy atom. The summed E-state index contributed by atoms with van der Waals surface area (Å²) in [6, 6.07) is 0. The largest absolute Gasteiger partial charge is 0.550 e. The normalized spacial score (nSPS) is 10.0.